The van der Waals surface area contributed by atoms with Gasteiger partial charge in [-0.15, -0.1) is 11.3 Å². The first-order valence-corrected chi connectivity index (χ1v) is 6.42. The highest BCUT2D eigenvalue weighted by Crippen LogP contribution is 2.25. The molecule has 3 rings (SSSR count). The number of aromatic nitrogens is 5. The highest BCUT2D eigenvalue weighted by atomic mass is 32.1. The Kier molecular flexibility index (Phi) is 3.16. The van der Waals surface area contributed by atoms with Gasteiger partial charge in [-0.25, -0.2) is 4.98 Å². The predicted molar refractivity (Wildman–Crippen MR) is 68.8 cm³/mol. The molecule has 92 valence electrons. The molecule has 0 aliphatic carbocycles. The molecule has 0 aromatic carbocycles. The summed E-state index contributed by atoms with van der Waals surface area (Å²) < 4.78 is 0. The molecule has 6 nitrogen and oxygen atoms in total. The average Bonchev–Trinajstić information content (AvgIpc) is 3.12. The third-order valence-electron chi connectivity index (χ3n) is 2.56. The Morgan fingerprint density at radius 2 is 2.22 bits per heavy atom. The molecule has 0 atom stereocenters. The molecule has 0 saturated carbocycles. The van der Waals surface area contributed by atoms with E-state index in [0.717, 1.165) is 23.6 Å². The Labute approximate surface area is 107 Å². The maximum atomic E-state index is 4.10. The molecule has 0 aliphatic rings. The smallest absolute Gasteiger partial charge is 0.138 e. The summed E-state index contributed by atoms with van der Waals surface area (Å²) in [5.74, 6) is 0.830. The summed E-state index contributed by atoms with van der Waals surface area (Å²) >= 11 is 1.70. The van der Waals surface area contributed by atoms with Gasteiger partial charge in [0.25, 0.3) is 0 Å². The first-order chi connectivity index (χ1) is 8.93. The highest BCUT2D eigenvalue weighted by molar-refractivity contribution is 7.13. The van der Waals surface area contributed by atoms with Crippen molar-refractivity contribution < 1.29 is 0 Å². The summed E-state index contributed by atoms with van der Waals surface area (Å²) in [5, 5.41) is 19.1. The molecular formula is C11H12N6S. The second kappa shape index (κ2) is 5.11. The van der Waals surface area contributed by atoms with E-state index in [9.17, 15) is 0 Å². The van der Waals surface area contributed by atoms with Gasteiger partial charge in [-0.1, -0.05) is 6.07 Å². The first-order valence-electron chi connectivity index (χ1n) is 5.54. The molecule has 3 heterocycles. The zero-order valence-corrected chi connectivity index (χ0v) is 10.4. The lowest BCUT2D eigenvalue weighted by Gasteiger charge is -2.02. The second-order valence-corrected chi connectivity index (χ2v) is 4.73. The van der Waals surface area contributed by atoms with Crippen LogP contribution in [0.3, 0.4) is 0 Å². The summed E-state index contributed by atoms with van der Waals surface area (Å²) in [7, 11) is 0. The van der Waals surface area contributed by atoms with Crippen molar-refractivity contribution in [3.63, 3.8) is 0 Å². The molecule has 0 bridgehead atoms. The normalized spacial score (nSPS) is 10.9. The van der Waals surface area contributed by atoms with Crippen molar-refractivity contribution in [2.24, 2.45) is 0 Å². The molecule has 0 radical (unpaired) electrons. The summed E-state index contributed by atoms with van der Waals surface area (Å²) in [6.07, 6.45) is 3.36. The van der Waals surface area contributed by atoms with Crippen molar-refractivity contribution in [1.29, 1.82) is 0 Å². The molecule has 0 amide bonds. The summed E-state index contributed by atoms with van der Waals surface area (Å²) in [4.78, 5) is 5.25. The Bertz CT molecular complexity index is 583. The van der Waals surface area contributed by atoms with Crippen molar-refractivity contribution in [3.05, 3.63) is 41.4 Å². The Balaban J connectivity index is 1.65. The Morgan fingerprint density at radius 3 is 3.00 bits per heavy atom. The van der Waals surface area contributed by atoms with Crippen LogP contribution in [0.5, 0.6) is 0 Å². The van der Waals surface area contributed by atoms with E-state index in [1.807, 2.05) is 12.3 Å². The molecule has 0 fully saturated rings. The SMILES string of the molecule is c1csc(-c2[nH]ncc2CNCc2ncn[nH]2)c1. The van der Waals surface area contributed by atoms with Gasteiger partial charge in [-0.3, -0.25) is 10.2 Å². The second-order valence-electron chi connectivity index (χ2n) is 3.78. The van der Waals surface area contributed by atoms with E-state index in [1.165, 1.54) is 11.2 Å². The third kappa shape index (κ3) is 2.31. The van der Waals surface area contributed by atoms with Crippen molar-refractivity contribution in [3.8, 4) is 10.6 Å². The molecule has 0 aliphatic heterocycles. The number of nitrogens with zero attached hydrogens (tertiary/aromatic N) is 3. The molecule has 18 heavy (non-hydrogen) atoms. The topological polar surface area (TPSA) is 82.3 Å². The van der Waals surface area contributed by atoms with Crippen LogP contribution in [0.4, 0.5) is 0 Å². The Morgan fingerprint density at radius 1 is 1.22 bits per heavy atom. The minimum Gasteiger partial charge on any atom is -0.306 e. The van der Waals surface area contributed by atoms with Crippen LogP contribution < -0.4 is 5.32 Å². The first kappa shape index (κ1) is 11.1. The molecular weight excluding hydrogens is 248 g/mol. The van der Waals surface area contributed by atoms with E-state index in [4.69, 9.17) is 0 Å². The van der Waals surface area contributed by atoms with Crippen LogP contribution in [0.2, 0.25) is 0 Å². The molecule has 0 spiro atoms. The quantitative estimate of drug-likeness (QED) is 0.650. The minimum atomic E-state index is 0.662. The zero-order chi connectivity index (χ0) is 12.2. The standard InChI is InChI=1S/C11H12N6S/c1-2-9(18-3-1)11-8(5-14-17-11)4-12-6-10-13-7-15-16-10/h1-3,5,7,12H,4,6H2,(H,14,17)(H,13,15,16). The van der Waals surface area contributed by atoms with Crippen LogP contribution >= 0.6 is 11.3 Å². The van der Waals surface area contributed by atoms with Gasteiger partial charge in [-0.2, -0.15) is 10.2 Å². The summed E-state index contributed by atoms with van der Waals surface area (Å²) in [6, 6.07) is 4.12. The molecule has 3 aromatic rings. The number of H-pyrrole nitrogens is 2. The predicted octanol–water partition coefficient (Wildman–Crippen LogP) is 1.55. The lowest BCUT2D eigenvalue weighted by molar-refractivity contribution is 0.666. The largest absolute Gasteiger partial charge is 0.306 e. The zero-order valence-electron chi connectivity index (χ0n) is 9.55. The number of hydrogen-bond acceptors (Lipinski definition) is 5. The van der Waals surface area contributed by atoms with Gasteiger partial charge in [0.2, 0.25) is 0 Å². The van der Waals surface area contributed by atoms with Crippen LogP contribution in [-0.2, 0) is 13.1 Å². The molecule has 0 unspecified atom stereocenters. The van der Waals surface area contributed by atoms with Gasteiger partial charge < -0.3 is 5.32 Å². The van der Waals surface area contributed by atoms with E-state index in [2.05, 4.69) is 42.1 Å². The lowest BCUT2D eigenvalue weighted by Crippen LogP contribution is -2.13. The highest BCUT2D eigenvalue weighted by Gasteiger charge is 2.08. The van der Waals surface area contributed by atoms with Crippen molar-refractivity contribution in [1.82, 2.24) is 30.7 Å². The molecule has 7 heteroatoms. The third-order valence-corrected chi connectivity index (χ3v) is 3.45. The van der Waals surface area contributed by atoms with E-state index in [0.29, 0.717) is 6.54 Å². The Hall–Kier alpha value is -1.99. The van der Waals surface area contributed by atoms with Crippen molar-refractivity contribution >= 4 is 11.3 Å². The van der Waals surface area contributed by atoms with Crippen molar-refractivity contribution in [2.45, 2.75) is 13.1 Å². The van der Waals surface area contributed by atoms with Crippen LogP contribution in [0.15, 0.2) is 30.0 Å². The number of nitrogens with one attached hydrogen (secondary N) is 3. The number of aromatic amines is 2. The van der Waals surface area contributed by atoms with Crippen LogP contribution in [0.1, 0.15) is 11.4 Å². The lowest BCUT2D eigenvalue weighted by atomic mass is 10.2. The van der Waals surface area contributed by atoms with Crippen LogP contribution in [0.25, 0.3) is 10.6 Å². The van der Waals surface area contributed by atoms with E-state index >= 15 is 0 Å². The fourth-order valence-electron chi connectivity index (χ4n) is 1.71. The summed E-state index contributed by atoms with van der Waals surface area (Å²) in [5.41, 5.74) is 2.23. The maximum Gasteiger partial charge on any atom is 0.138 e. The van der Waals surface area contributed by atoms with Gasteiger partial charge in [0.15, 0.2) is 0 Å². The van der Waals surface area contributed by atoms with Gasteiger partial charge >= 0.3 is 0 Å². The van der Waals surface area contributed by atoms with E-state index < -0.39 is 0 Å². The average molecular weight is 260 g/mol. The van der Waals surface area contributed by atoms with Gasteiger partial charge in [0.1, 0.15) is 12.2 Å². The molecule has 3 aromatic heterocycles. The number of thiophene rings is 1. The maximum absolute atomic E-state index is 4.10. The van der Waals surface area contributed by atoms with Gasteiger partial charge in [0.05, 0.1) is 23.3 Å². The fourth-order valence-corrected chi connectivity index (χ4v) is 2.47. The molecule has 3 N–H and O–H groups in total. The summed E-state index contributed by atoms with van der Waals surface area (Å²) in [6.45, 7) is 1.40. The van der Waals surface area contributed by atoms with Crippen LogP contribution in [-0.4, -0.2) is 25.4 Å². The van der Waals surface area contributed by atoms with Gasteiger partial charge in [-0.05, 0) is 11.4 Å². The van der Waals surface area contributed by atoms with Crippen LogP contribution in [0, 0.1) is 0 Å². The number of rotatable bonds is 5. The molecule has 0 saturated heterocycles. The fraction of sp³-hybridized carbons (Fsp3) is 0.182. The number of hydrogen-bond donors (Lipinski definition) is 3. The minimum absolute atomic E-state index is 0.662. The van der Waals surface area contributed by atoms with E-state index in [1.54, 1.807) is 11.3 Å². The van der Waals surface area contributed by atoms with Crippen molar-refractivity contribution in [2.75, 3.05) is 0 Å². The van der Waals surface area contributed by atoms with Gasteiger partial charge in [0, 0.05) is 12.1 Å². The monoisotopic (exact) mass is 260 g/mol. The van der Waals surface area contributed by atoms with E-state index in [-0.39, 0.29) is 0 Å².